The Morgan fingerprint density at radius 2 is 2.00 bits per heavy atom. The standard InChI is InChI=1S/C14H17N3O6/c18-13(11-2-3-12(23-11)17(20)21)15-7-4-10(5-8-15)16-6-1-9-22-14(16)19/h2-3,10H,1,4-9H2. The van der Waals surface area contributed by atoms with E-state index in [1.165, 1.54) is 12.1 Å². The summed E-state index contributed by atoms with van der Waals surface area (Å²) in [5.74, 6) is -0.843. The van der Waals surface area contributed by atoms with Gasteiger partial charge in [-0.25, -0.2) is 4.79 Å². The lowest BCUT2D eigenvalue weighted by Gasteiger charge is -2.39. The van der Waals surface area contributed by atoms with E-state index in [1.54, 1.807) is 9.80 Å². The van der Waals surface area contributed by atoms with Crippen LogP contribution in [0.4, 0.5) is 10.7 Å². The fourth-order valence-electron chi connectivity index (χ4n) is 2.98. The van der Waals surface area contributed by atoms with E-state index in [0.717, 1.165) is 6.42 Å². The molecule has 2 aliphatic rings. The van der Waals surface area contributed by atoms with E-state index in [0.29, 0.717) is 39.1 Å². The summed E-state index contributed by atoms with van der Waals surface area (Å²) in [6.07, 6.45) is 1.84. The Morgan fingerprint density at radius 3 is 2.61 bits per heavy atom. The van der Waals surface area contributed by atoms with Gasteiger partial charge in [0.15, 0.2) is 5.76 Å². The fourth-order valence-corrected chi connectivity index (χ4v) is 2.98. The van der Waals surface area contributed by atoms with Crippen LogP contribution in [0.25, 0.3) is 0 Å². The van der Waals surface area contributed by atoms with Crippen LogP contribution in [0, 0.1) is 10.1 Å². The van der Waals surface area contributed by atoms with Crippen molar-refractivity contribution >= 4 is 17.9 Å². The summed E-state index contributed by atoms with van der Waals surface area (Å²) < 4.78 is 9.99. The van der Waals surface area contributed by atoms with Crippen molar-refractivity contribution < 1.29 is 23.7 Å². The zero-order valence-electron chi connectivity index (χ0n) is 12.5. The van der Waals surface area contributed by atoms with Crippen molar-refractivity contribution in [3.63, 3.8) is 0 Å². The molecule has 0 radical (unpaired) electrons. The molecule has 3 rings (SSSR count). The maximum Gasteiger partial charge on any atom is 0.433 e. The molecule has 0 N–H and O–H groups in total. The molecule has 23 heavy (non-hydrogen) atoms. The minimum Gasteiger partial charge on any atom is -0.449 e. The van der Waals surface area contributed by atoms with Crippen LogP contribution in [0.3, 0.4) is 0 Å². The highest BCUT2D eigenvalue weighted by molar-refractivity contribution is 5.91. The number of carbonyl (C=O) groups excluding carboxylic acids is 2. The summed E-state index contributed by atoms with van der Waals surface area (Å²) >= 11 is 0. The van der Waals surface area contributed by atoms with Gasteiger partial charge < -0.3 is 19.0 Å². The predicted octanol–water partition coefficient (Wildman–Crippen LogP) is 1.63. The van der Waals surface area contributed by atoms with Gasteiger partial charge in [-0.1, -0.05) is 0 Å². The molecule has 2 aliphatic heterocycles. The van der Waals surface area contributed by atoms with Crippen LogP contribution in [-0.4, -0.2) is 59.0 Å². The summed E-state index contributed by atoms with van der Waals surface area (Å²) in [7, 11) is 0. The van der Waals surface area contributed by atoms with Gasteiger partial charge in [0, 0.05) is 25.7 Å². The largest absolute Gasteiger partial charge is 0.449 e. The lowest BCUT2D eigenvalue weighted by molar-refractivity contribution is -0.402. The Morgan fingerprint density at radius 1 is 1.26 bits per heavy atom. The highest BCUT2D eigenvalue weighted by Gasteiger charge is 2.33. The molecular weight excluding hydrogens is 306 g/mol. The predicted molar refractivity (Wildman–Crippen MR) is 77.0 cm³/mol. The average molecular weight is 323 g/mol. The third-order valence-electron chi connectivity index (χ3n) is 4.18. The molecule has 2 fully saturated rings. The molecule has 9 heteroatoms. The molecule has 124 valence electrons. The van der Waals surface area contributed by atoms with E-state index in [4.69, 9.17) is 9.15 Å². The molecular formula is C14H17N3O6. The lowest BCUT2D eigenvalue weighted by atomic mass is 10.0. The van der Waals surface area contributed by atoms with Crippen LogP contribution in [0.1, 0.15) is 29.8 Å². The number of nitrogens with zero attached hydrogens (tertiary/aromatic N) is 3. The Balaban J connectivity index is 1.58. The van der Waals surface area contributed by atoms with E-state index in [-0.39, 0.29) is 23.8 Å². The number of amides is 2. The molecule has 1 aromatic rings. The first-order valence-corrected chi connectivity index (χ1v) is 7.53. The second-order valence-corrected chi connectivity index (χ2v) is 5.58. The van der Waals surface area contributed by atoms with Gasteiger partial charge in [0.1, 0.15) is 4.92 Å². The summed E-state index contributed by atoms with van der Waals surface area (Å²) in [6, 6.07) is 2.55. The number of piperidine rings is 1. The zero-order valence-corrected chi connectivity index (χ0v) is 12.5. The van der Waals surface area contributed by atoms with Gasteiger partial charge in [-0.15, -0.1) is 0 Å². The average Bonchev–Trinajstić information content (AvgIpc) is 3.05. The second kappa shape index (κ2) is 6.27. The zero-order chi connectivity index (χ0) is 16.4. The molecule has 9 nitrogen and oxygen atoms in total. The summed E-state index contributed by atoms with van der Waals surface area (Å²) in [4.78, 5) is 37.3. The van der Waals surface area contributed by atoms with Gasteiger partial charge in [-0.2, -0.15) is 0 Å². The first kappa shape index (κ1) is 15.3. The molecule has 0 saturated carbocycles. The number of hydrogen-bond acceptors (Lipinski definition) is 6. The van der Waals surface area contributed by atoms with Gasteiger partial charge in [0.25, 0.3) is 5.91 Å². The van der Waals surface area contributed by atoms with Crippen LogP contribution in [0.5, 0.6) is 0 Å². The maximum atomic E-state index is 12.3. The normalized spacial score (nSPS) is 19.6. The van der Waals surface area contributed by atoms with Crippen molar-refractivity contribution in [1.29, 1.82) is 0 Å². The quantitative estimate of drug-likeness (QED) is 0.618. The Bertz CT molecular complexity index is 620. The van der Waals surface area contributed by atoms with Crippen molar-refractivity contribution in [2.75, 3.05) is 26.2 Å². The van der Waals surface area contributed by atoms with Crippen LogP contribution in [-0.2, 0) is 4.74 Å². The van der Waals surface area contributed by atoms with Crippen molar-refractivity contribution in [3.8, 4) is 0 Å². The molecule has 2 amide bonds. The molecule has 0 aliphatic carbocycles. The van der Waals surface area contributed by atoms with Gasteiger partial charge in [0.05, 0.1) is 12.7 Å². The third-order valence-corrected chi connectivity index (χ3v) is 4.18. The number of furan rings is 1. The van der Waals surface area contributed by atoms with Crippen molar-refractivity contribution in [1.82, 2.24) is 9.80 Å². The van der Waals surface area contributed by atoms with E-state index < -0.39 is 10.8 Å². The molecule has 3 heterocycles. The monoisotopic (exact) mass is 323 g/mol. The third kappa shape index (κ3) is 3.13. The summed E-state index contributed by atoms with van der Waals surface area (Å²) in [5, 5.41) is 10.6. The fraction of sp³-hybridized carbons (Fsp3) is 0.571. The summed E-state index contributed by atoms with van der Waals surface area (Å²) in [6.45, 7) is 2.09. The smallest absolute Gasteiger partial charge is 0.433 e. The maximum absolute atomic E-state index is 12.3. The van der Waals surface area contributed by atoms with Crippen LogP contribution in [0.15, 0.2) is 16.5 Å². The number of ether oxygens (including phenoxy) is 1. The highest BCUT2D eigenvalue weighted by atomic mass is 16.6. The lowest BCUT2D eigenvalue weighted by Crippen LogP contribution is -2.50. The molecule has 0 bridgehead atoms. The Labute approximate surface area is 131 Å². The van der Waals surface area contributed by atoms with Crippen molar-refractivity contribution in [2.45, 2.75) is 25.3 Å². The number of likely N-dealkylation sites (tertiary alicyclic amines) is 1. The van der Waals surface area contributed by atoms with E-state index >= 15 is 0 Å². The SMILES string of the molecule is O=C(c1ccc([N+](=O)[O-])o1)N1CCC(N2CCCOC2=O)CC1. The van der Waals surface area contributed by atoms with Crippen LogP contribution >= 0.6 is 0 Å². The molecule has 0 unspecified atom stereocenters. The van der Waals surface area contributed by atoms with Gasteiger partial charge in [0.2, 0.25) is 0 Å². The molecule has 0 atom stereocenters. The number of nitro groups is 1. The minimum atomic E-state index is -0.676. The number of carbonyl (C=O) groups is 2. The summed E-state index contributed by atoms with van der Waals surface area (Å²) in [5.41, 5.74) is 0. The van der Waals surface area contributed by atoms with Crippen molar-refractivity contribution in [2.24, 2.45) is 0 Å². The van der Waals surface area contributed by atoms with E-state index in [2.05, 4.69) is 0 Å². The van der Waals surface area contributed by atoms with Crippen LogP contribution in [0.2, 0.25) is 0 Å². The van der Waals surface area contributed by atoms with Crippen LogP contribution < -0.4 is 0 Å². The molecule has 0 spiro atoms. The first-order chi connectivity index (χ1) is 11.1. The highest BCUT2D eigenvalue weighted by Crippen LogP contribution is 2.23. The topological polar surface area (TPSA) is 106 Å². The van der Waals surface area contributed by atoms with Crippen molar-refractivity contribution in [3.05, 3.63) is 28.0 Å². The Hall–Kier alpha value is -2.58. The molecule has 0 aromatic carbocycles. The molecule has 1 aromatic heterocycles. The van der Waals surface area contributed by atoms with Gasteiger partial charge in [-0.05, 0) is 25.3 Å². The number of cyclic esters (lactones) is 1. The van der Waals surface area contributed by atoms with E-state index in [1.807, 2.05) is 0 Å². The minimum absolute atomic E-state index is 0.0347. The number of rotatable bonds is 3. The Kier molecular flexibility index (Phi) is 4.18. The first-order valence-electron chi connectivity index (χ1n) is 7.53. The number of hydrogen-bond donors (Lipinski definition) is 0. The molecule has 2 saturated heterocycles. The van der Waals surface area contributed by atoms with E-state index in [9.17, 15) is 19.7 Å². The second-order valence-electron chi connectivity index (χ2n) is 5.58. The van der Waals surface area contributed by atoms with Gasteiger partial charge in [-0.3, -0.25) is 14.9 Å². The van der Waals surface area contributed by atoms with Gasteiger partial charge >= 0.3 is 12.0 Å².